The van der Waals surface area contributed by atoms with Crippen molar-refractivity contribution in [2.75, 3.05) is 20.2 Å². The van der Waals surface area contributed by atoms with Crippen LogP contribution in [0, 0.1) is 11.8 Å². The van der Waals surface area contributed by atoms with Gasteiger partial charge in [0.1, 0.15) is 0 Å². The number of hydrogen-bond donors (Lipinski definition) is 0. The summed E-state index contributed by atoms with van der Waals surface area (Å²) in [6, 6.07) is 0. The zero-order valence-corrected chi connectivity index (χ0v) is 12.4. The maximum absolute atomic E-state index is 12.0. The summed E-state index contributed by atoms with van der Waals surface area (Å²) in [6.45, 7) is 9.23. The Bertz CT molecular complexity index is 264. The third-order valence-corrected chi connectivity index (χ3v) is 2.89. The molecule has 1 atom stereocenters. The van der Waals surface area contributed by atoms with Gasteiger partial charge in [0.05, 0.1) is 13.0 Å². The maximum atomic E-state index is 12.0. The van der Waals surface area contributed by atoms with Crippen LogP contribution in [0.15, 0.2) is 0 Å². The highest BCUT2D eigenvalue weighted by Crippen LogP contribution is 2.09. The van der Waals surface area contributed by atoms with Crippen LogP contribution in [-0.2, 0) is 14.3 Å². The van der Waals surface area contributed by atoms with Crippen LogP contribution in [0.2, 0.25) is 0 Å². The Morgan fingerprint density at radius 2 is 1.83 bits per heavy atom. The van der Waals surface area contributed by atoms with E-state index in [-0.39, 0.29) is 17.8 Å². The van der Waals surface area contributed by atoms with Gasteiger partial charge in [-0.2, -0.15) is 0 Å². The van der Waals surface area contributed by atoms with Crippen molar-refractivity contribution in [1.29, 1.82) is 0 Å². The van der Waals surface area contributed by atoms with Gasteiger partial charge in [-0.05, 0) is 18.8 Å². The van der Waals surface area contributed by atoms with E-state index < -0.39 is 0 Å². The highest BCUT2D eigenvalue weighted by Gasteiger charge is 2.20. The second-order valence-corrected chi connectivity index (χ2v) is 5.20. The monoisotopic (exact) mass is 257 g/mol. The van der Waals surface area contributed by atoms with Gasteiger partial charge in [-0.25, -0.2) is 0 Å². The molecular formula is C14H27NO3. The summed E-state index contributed by atoms with van der Waals surface area (Å²) < 4.78 is 4.70. The number of carbonyl (C=O) groups excluding carboxylic acids is 2. The van der Waals surface area contributed by atoms with E-state index >= 15 is 0 Å². The summed E-state index contributed by atoms with van der Waals surface area (Å²) in [5.41, 5.74) is 0. The summed E-state index contributed by atoms with van der Waals surface area (Å²) in [5.74, 6) is 0.168. The smallest absolute Gasteiger partial charge is 0.310 e. The van der Waals surface area contributed by atoms with Crippen molar-refractivity contribution in [1.82, 2.24) is 4.90 Å². The Labute approximate surface area is 111 Å². The Morgan fingerprint density at radius 3 is 2.28 bits per heavy atom. The second-order valence-electron chi connectivity index (χ2n) is 5.20. The SMILES string of the molecule is CCCC(=O)N(CCC(C)C)CC(C)C(=O)OC. The van der Waals surface area contributed by atoms with Crippen molar-refractivity contribution in [2.24, 2.45) is 11.8 Å². The lowest BCUT2D eigenvalue weighted by molar-refractivity contribution is -0.146. The lowest BCUT2D eigenvalue weighted by Gasteiger charge is -2.25. The average Bonchev–Trinajstić information content (AvgIpc) is 2.32. The summed E-state index contributed by atoms with van der Waals surface area (Å²) in [7, 11) is 1.38. The standard InChI is InChI=1S/C14H27NO3/c1-6-7-13(16)15(9-8-11(2)3)10-12(4)14(17)18-5/h11-12H,6-10H2,1-5H3. The molecule has 0 fully saturated rings. The predicted molar refractivity (Wildman–Crippen MR) is 72.1 cm³/mol. The van der Waals surface area contributed by atoms with E-state index in [1.807, 2.05) is 6.92 Å². The third-order valence-electron chi connectivity index (χ3n) is 2.89. The van der Waals surface area contributed by atoms with Gasteiger partial charge in [-0.3, -0.25) is 9.59 Å². The zero-order chi connectivity index (χ0) is 14.1. The molecule has 0 N–H and O–H groups in total. The van der Waals surface area contributed by atoms with Crippen molar-refractivity contribution >= 4 is 11.9 Å². The second kappa shape index (κ2) is 8.95. The van der Waals surface area contributed by atoms with E-state index in [1.54, 1.807) is 11.8 Å². The van der Waals surface area contributed by atoms with Crippen molar-refractivity contribution in [2.45, 2.75) is 47.0 Å². The van der Waals surface area contributed by atoms with Gasteiger partial charge in [0.2, 0.25) is 5.91 Å². The van der Waals surface area contributed by atoms with Crippen LogP contribution in [0.1, 0.15) is 47.0 Å². The fourth-order valence-electron chi connectivity index (χ4n) is 1.71. The quantitative estimate of drug-likeness (QED) is 0.628. The van der Waals surface area contributed by atoms with E-state index in [1.165, 1.54) is 7.11 Å². The molecule has 0 aliphatic carbocycles. The molecule has 0 saturated heterocycles. The first-order valence-corrected chi connectivity index (χ1v) is 6.77. The van der Waals surface area contributed by atoms with Crippen LogP contribution in [0.5, 0.6) is 0 Å². The molecule has 0 radical (unpaired) electrons. The number of ether oxygens (including phenoxy) is 1. The normalized spacial score (nSPS) is 12.3. The number of amides is 1. The van der Waals surface area contributed by atoms with E-state index in [4.69, 9.17) is 4.74 Å². The minimum Gasteiger partial charge on any atom is -0.469 e. The van der Waals surface area contributed by atoms with Gasteiger partial charge >= 0.3 is 5.97 Å². The largest absolute Gasteiger partial charge is 0.469 e. The topological polar surface area (TPSA) is 46.6 Å². The Morgan fingerprint density at radius 1 is 1.22 bits per heavy atom. The summed E-state index contributed by atoms with van der Waals surface area (Å²) in [6.07, 6.45) is 2.35. The maximum Gasteiger partial charge on any atom is 0.310 e. The number of hydrogen-bond acceptors (Lipinski definition) is 3. The molecule has 0 saturated carbocycles. The number of methoxy groups -OCH3 is 1. The molecule has 4 nitrogen and oxygen atoms in total. The van der Waals surface area contributed by atoms with Crippen LogP contribution in [0.25, 0.3) is 0 Å². The van der Waals surface area contributed by atoms with Crippen LogP contribution in [0.3, 0.4) is 0 Å². The van der Waals surface area contributed by atoms with Crippen molar-refractivity contribution in [3.05, 3.63) is 0 Å². The molecule has 0 aromatic carbocycles. The summed E-state index contributed by atoms with van der Waals surface area (Å²) in [4.78, 5) is 25.2. The van der Waals surface area contributed by atoms with Gasteiger partial charge in [0.25, 0.3) is 0 Å². The molecule has 0 aromatic heterocycles. The van der Waals surface area contributed by atoms with Crippen molar-refractivity contribution in [3.8, 4) is 0 Å². The Balaban J connectivity index is 4.45. The first-order valence-electron chi connectivity index (χ1n) is 6.77. The highest BCUT2D eigenvalue weighted by atomic mass is 16.5. The zero-order valence-electron chi connectivity index (χ0n) is 12.4. The fourth-order valence-corrected chi connectivity index (χ4v) is 1.71. The molecule has 1 amide bonds. The van der Waals surface area contributed by atoms with E-state index in [9.17, 15) is 9.59 Å². The van der Waals surface area contributed by atoms with Gasteiger partial charge in [-0.1, -0.05) is 27.7 Å². The van der Waals surface area contributed by atoms with E-state index in [2.05, 4.69) is 13.8 Å². The van der Waals surface area contributed by atoms with Crippen LogP contribution in [0.4, 0.5) is 0 Å². The molecule has 0 aliphatic rings. The van der Waals surface area contributed by atoms with Crippen molar-refractivity contribution in [3.63, 3.8) is 0 Å². The van der Waals surface area contributed by atoms with Gasteiger partial charge in [0.15, 0.2) is 0 Å². The molecule has 0 aromatic rings. The summed E-state index contributed by atoms with van der Waals surface area (Å²) in [5, 5.41) is 0. The molecule has 0 aliphatic heterocycles. The molecule has 0 bridgehead atoms. The molecule has 0 heterocycles. The fraction of sp³-hybridized carbons (Fsp3) is 0.857. The average molecular weight is 257 g/mol. The number of nitrogens with zero attached hydrogens (tertiary/aromatic N) is 1. The van der Waals surface area contributed by atoms with E-state index in [0.717, 1.165) is 19.4 Å². The van der Waals surface area contributed by atoms with Crippen molar-refractivity contribution < 1.29 is 14.3 Å². The first-order chi connectivity index (χ1) is 8.42. The lowest BCUT2D eigenvalue weighted by Crippen LogP contribution is -2.38. The minimum atomic E-state index is -0.261. The minimum absolute atomic E-state index is 0.133. The molecule has 106 valence electrons. The molecule has 0 rings (SSSR count). The molecule has 18 heavy (non-hydrogen) atoms. The highest BCUT2D eigenvalue weighted by molar-refractivity contribution is 5.77. The molecule has 4 heteroatoms. The first kappa shape index (κ1) is 16.9. The molecular weight excluding hydrogens is 230 g/mol. The van der Waals surface area contributed by atoms with E-state index in [0.29, 0.717) is 18.9 Å². The number of rotatable bonds is 8. The predicted octanol–water partition coefficient (Wildman–Crippen LogP) is 2.47. The van der Waals surface area contributed by atoms with Crippen LogP contribution < -0.4 is 0 Å². The van der Waals surface area contributed by atoms with Gasteiger partial charge < -0.3 is 9.64 Å². The number of carbonyl (C=O) groups is 2. The van der Waals surface area contributed by atoms with Crippen LogP contribution >= 0.6 is 0 Å². The lowest BCUT2D eigenvalue weighted by atomic mass is 10.1. The Kier molecular flexibility index (Phi) is 8.42. The summed E-state index contributed by atoms with van der Waals surface area (Å²) >= 11 is 0. The van der Waals surface area contributed by atoms with Gasteiger partial charge in [0, 0.05) is 19.5 Å². The molecule has 0 spiro atoms. The van der Waals surface area contributed by atoms with Gasteiger partial charge in [-0.15, -0.1) is 0 Å². The third kappa shape index (κ3) is 6.62. The van der Waals surface area contributed by atoms with Crippen LogP contribution in [-0.4, -0.2) is 37.0 Å². The molecule has 1 unspecified atom stereocenters. The number of esters is 1. The Hall–Kier alpha value is -1.06.